The summed E-state index contributed by atoms with van der Waals surface area (Å²) in [5.74, 6) is 0.548. The van der Waals surface area contributed by atoms with Crippen LogP contribution in [0.15, 0.2) is 6.33 Å². The van der Waals surface area contributed by atoms with Gasteiger partial charge in [0.05, 0.1) is 6.54 Å². The minimum atomic E-state index is -0.833. The van der Waals surface area contributed by atoms with Crippen LogP contribution in [0.4, 0.5) is 0 Å². The van der Waals surface area contributed by atoms with E-state index in [0.29, 0.717) is 25.2 Å². The number of rotatable bonds is 5. The fourth-order valence-corrected chi connectivity index (χ4v) is 2.61. The molecule has 1 N–H and O–H groups in total. The highest BCUT2D eigenvalue weighted by Crippen LogP contribution is 2.25. The third kappa shape index (κ3) is 2.77. The third-order valence-electron chi connectivity index (χ3n) is 4.20. The monoisotopic (exact) mass is 293 g/mol. The van der Waals surface area contributed by atoms with Crippen molar-refractivity contribution in [1.82, 2.24) is 25.0 Å². The second-order valence-corrected chi connectivity index (χ2v) is 5.71. The van der Waals surface area contributed by atoms with Crippen molar-refractivity contribution in [3.05, 3.63) is 12.2 Å². The zero-order valence-electron chi connectivity index (χ0n) is 13.1. The number of hydrogen-bond donors (Lipinski definition) is 1. The minimum absolute atomic E-state index is 0.0500. The molecule has 1 aliphatic heterocycles. The highest BCUT2D eigenvalue weighted by Gasteiger charge is 2.46. The minimum Gasteiger partial charge on any atom is -0.340 e. The van der Waals surface area contributed by atoms with Gasteiger partial charge in [-0.05, 0) is 19.8 Å². The van der Waals surface area contributed by atoms with Gasteiger partial charge >= 0.3 is 0 Å². The molecule has 0 radical (unpaired) electrons. The van der Waals surface area contributed by atoms with E-state index < -0.39 is 11.6 Å². The lowest BCUT2D eigenvalue weighted by Gasteiger charge is -2.44. The van der Waals surface area contributed by atoms with Crippen molar-refractivity contribution < 1.29 is 9.59 Å². The maximum atomic E-state index is 12.8. The van der Waals surface area contributed by atoms with Gasteiger partial charge in [-0.25, -0.2) is 4.98 Å². The summed E-state index contributed by atoms with van der Waals surface area (Å²) in [6.45, 7) is 5.99. The highest BCUT2D eigenvalue weighted by molar-refractivity contribution is 5.99. The van der Waals surface area contributed by atoms with Crippen LogP contribution in [-0.2, 0) is 23.2 Å². The Balaban J connectivity index is 2.32. The molecule has 1 aromatic heterocycles. The van der Waals surface area contributed by atoms with Gasteiger partial charge in [0.2, 0.25) is 11.8 Å². The van der Waals surface area contributed by atoms with E-state index in [9.17, 15) is 9.59 Å². The molecule has 0 aliphatic carbocycles. The molecule has 7 nitrogen and oxygen atoms in total. The van der Waals surface area contributed by atoms with E-state index in [1.807, 2.05) is 13.8 Å². The van der Waals surface area contributed by atoms with Crippen LogP contribution in [0.25, 0.3) is 0 Å². The average molecular weight is 293 g/mol. The summed E-state index contributed by atoms with van der Waals surface area (Å²) < 4.78 is 1.63. The molecule has 116 valence electrons. The Bertz CT molecular complexity index is 541. The molecular weight excluding hydrogens is 270 g/mol. The Morgan fingerprint density at radius 1 is 1.38 bits per heavy atom. The van der Waals surface area contributed by atoms with Gasteiger partial charge in [0.25, 0.3) is 0 Å². The van der Waals surface area contributed by atoms with Crippen LogP contribution in [0.2, 0.25) is 0 Å². The molecule has 1 aromatic rings. The molecule has 2 unspecified atom stereocenters. The van der Waals surface area contributed by atoms with Crippen LogP contribution in [0.1, 0.15) is 45.9 Å². The maximum Gasteiger partial charge on any atom is 0.249 e. The molecule has 1 saturated heterocycles. The van der Waals surface area contributed by atoms with Gasteiger partial charge in [-0.3, -0.25) is 14.3 Å². The molecule has 2 rings (SSSR count). The van der Waals surface area contributed by atoms with Crippen molar-refractivity contribution in [3.8, 4) is 0 Å². The number of amides is 2. The first-order valence-corrected chi connectivity index (χ1v) is 7.39. The van der Waals surface area contributed by atoms with Crippen molar-refractivity contribution in [1.29, 1.82) is 0 Å². The summed E-state index contributed by atoms with van der Waals surface area (Å²) in [6.07, 6.45) is 3.50. The molecule has 7 heteroatoms. The van der Waals surface area contributed by atoms with Crippen LogP contribution in [0.5, 0.6) is 0 Å². The van der Waals surface area contributed by atoms with Crippen molar-refractivity contribution in [2.24, 2.45) is 7.05 Å². The lowest BCUT2D eigenvalue weighted by Crippen LogP contribution is -2.68. The standard InChI is InChI=1S/C14H23N5O2/c1-5-7-10-12(20)17-14(3,6-2)13(21)19(10)8-11-15-9-16-18(11)4/h9-10H,5-8H2,1-4H3,(H,17,20). The highest BCUT2D eigenvalue weighted by atomic mass is 16.2. The zero-order valence-corrected chi connectivity index (χ0v) is 13.1. The SMILES string of the molecule is CCCC1C(=O)NC(C)(CC)C(=O)N1Cc1ncnn1C. The first kappa shape index (κ1) is 15.5. The van der Waals surface area contributed by atoms with Gasteiger partial charge in [0, 0.05) is 7.05 Å². The average Bonchev–Trinajstić information content (AvgIpc) is 2.85. The third-order valence-corrected chi connectivity index (χ3v) is 4.20. The molecule has 0 bridgehead atoms. The van der Waals surface area contributed by atoms with Crippen molar-refractivity contribution in [2.75, 3.05) is 0 Å². The Kier molecular flexibility index (Phi) is 4.29. The first-order chi connectivity index (χ1) is 9.92. The molecule has 2 heterocycles. The summed E-state index contributed by atoms with van der Waals surface area (Å²) in [7, 11) is 1.78. The molecule has 21 heavy (non-hydrogen) atoms. The molecular formula is C14H23N5O2. The van der Waals surface area contributed by atoms with Crippen LogP contribution in [0.3, 0.4) is 0 Å². The van der Waals surface area contributed by atoms with Gasteiger partial charge in [-0.2, -0.15) is 5.10 Å². The van der Waals surface area contributed by atoms with Gasteiger partial charge < -0.3 is 10.2 Å². The number of carbonyl (C=O) groups excluding carboxylic acids is 2. The van der Waals surface area contributed by atoms with E-state index in [-0.39, 0.29) is 11.8 Å². The first-order valence-electron chi connectivity index (χ1n) is 7.39. The number of aromatic nitrogens is 3. The van der Waals surface area contributed by atoms with Gasteiger partial charge in [-0.1, -0.05) is 20.3 Å². The van der Waals surface area contributed by atoms with Crippen molar-refractivity contribution in [3.63, 3.8) is 0 Å². The Hall–Kier alpha value is -1.92. The van der Waals surface area contributed by atoms with Gasteiger partial charge in [-0.15, -0.1) is 0 Å². The van der Waals surface area contributed by atoms with Gasteiger partial charge in [0.1, 0.15) is 23.7 Å². The topological polar surface area (TPSA) is 80.1 Å². The van der Waals surface area contributed by atoms with Crippen molar-refractivity contribution in [2.45, 2.75) is 58.2 Å². The predicted octanol–water partition coefficient (Wildman–Crippen LogP) is 0.611. The Labute approximate surface area is 124 Å². The van der Waals surface area contributed by atoms with Crippen LogP contribution in [0, 0.1) is 0 Å². The zero-order chi connectivity index (χ0) is 15.6. The Morgan fingerprint density at radius 3 is 2.62 bits per heavy atom. The maximum absolute atomic E-state index is 12.8. The number of aryl methyl sites for hydroxylation is 1. The second-order valence-electron chi connectivity index (χ2n) is 5.71. The quantitative estimate of drug-likeness (QED) is 0.862. The van der Waals surface area contributed by atoms with E-state index >= 15 is 0 Å². The van der Waals surface area contributed by atoms with E-state index in [1.165, 1.54) is 6.33 Å². The Morgan fingerprint density at radius 2 is 2.10 bits per heavy atom. The largest absolute Gasteiger partial charge is 0.340 e. The van der Waals surface area contributed by atoms with Crippen LogP contribution in [-0.4, -0.2) is 43.1 Å². The summed E-state index contributed by atoms with van der Waals surface area (Å²) in [4.78, 5) is 31.0. The van der Waals surface area contributed by atoms with Crippen LogP contribution < -0.4 is 5.32 Å². The van der Waals surface area contributed by atoms with Gasteiger partial charge in [0.15, 0.2) is 0 Å². The fourth-order valence-electron chi connectivity index (χ4n) is 2.61. The van der Waals surface area contributed by atoms with E-state index in [0.717, 1.165) is 6.42 Å². The molecule has 2 atom stereocenters. The number of piperazine rings is 1. The summed E-state index contributed by atoms with van der Waals surface area (Å²) in [6, 6.07) is -0.432. The fraction of sp³-hybridized carbons (Fsp3) is 0.714. The number of carbonyl (C=O) groups is 2. The summed E-state index contributed by atoms with van der Waals surface area (Å²) >= 11 is 0. The molecule has 2 amide bonds. The smallest absolute Gasteiger partial charge is 0.249 e. The summed E-state index contributed by atoms with van der Waals surface area (Å²) in [5.41, 5.74) is -0.833. The lowest BCUT2D eigenvalue weighted by molar-refractivity contribution is -0.155. The normalized spacial score (nSPS) is 26.1. The van der Waals surface area contributed by atoms with E-state index in [2.05, 4.69) is 15.4 Å². The van der Waals surface area contributed by atoms with E-state index in [1.54, 1.807) is 23.6 Å². The number of hydrogen-bond acceptors (Lipinski definition) is 4. The molecule has 1 aliphatic rings. The number of nitrogens with zero attached hydrogens (tertiary/aromatic N) is 4. The number of nitrogens with one attached hydrogen (secondary N) is 1. The molecule has 0 aromatic carbocycles. The summed E-state index contributed by atoms with van der Waals surface area (Å²) in [5, 5.41) is 6.90. The lowest BCUT2D eigenvalue weighted by atomic mass is 9.90. The van der Waals surface area contributed by atoms with Crippen LogP contribution >= 0.6 is 0 Å². The van der Waals surface area contributed by atoms with Crippen molar-refractivity contribution >= 4 is 11.8 Å². The second kappa shape index (κ2) is 5.83. The molecule has 1 fully saturated rings. The molecule has 0 spiro atoms. The van der Waals surface area contributed by atoms with E-state index in [4.69, 9.17) is 0 Å². The predicted molar refractivity (Wildman–Crippen MR) is 77.1 cm³/mol. The molecule has 0 saturated carbocycles.